The lowest BCUT2D eigenvalue weighted by atomic mass is 10.3. The SMILES string of the molecule is CCNc1cc(N(C)c2ccccc2Br)ncn1. The van der Waals surface area contributed by atoms with E-state index in [1.165, 1.54) is 0 Å². The number of halogens is 1. The molecule has 1 aromatic carbocycles. The molecule has 1 heterocycles. The molecule has 0 unspecified atom stereocenters. The molecular formula is C13H15BrN4. The Morgan fingerprint density at radius 3 is 2.78 bits per heavy atom. The van der Waals surface area contributed by atoms with E-state index in [9.17, 15) is 0 Å². The molecule has 0 spiro atoms. The van der Waals surface area contributed by atoms with E-state index < -0.39 is 0 Å². The average Bonchev–Trinajstić information content (AvgIpc) is 2.39. The molecule has 2 rings (SSSR count). The van der Waals surface area contributed by atoms with Crippen molar-refractivity contribution in [3.8, 4) is 0 Å². The molecule has 0 aliphatic rings. The van der Waals surface area contributed by atoms with Gasteiger partial charge in [0, 0.05) is 24.1 Å². The molecule has 0 aliphatic carbocycles. The molecule has 94 valence electrons. The summed E-state index contributed by atoms with van der Waals surface area (Å²) < 4.78 is 1.04. The highest BCUT2D eigenvalue weighted by Crippen LogP contribution is 2.29. The number of nitrogens with one attached hydrogen (secondary N) is 1. The van der Waals surface area contributed by atoms with Gasteiger partial charge in [0.1, 0.15) is 18.0 Å². The average molecular weight is 307 g/mol. The summed E-state index contributed by atoms with van der Waals surface area (Å²) in [5, 5.41) is 3.18. The Kier molecular flexibility index (Phi) is 4.15. The van der Waals surface area contributed by atoms with Gasteiger partial charge < -0.3 is 10.2 Å². The van der Waals surface area contributed by atoms with Crippen molar-refractivity contribution in [3.05, 3.63) is 41.1 Å². The lowest BCUT2D eigenvalue weighted by molar-refractivity contribution is 1.06. The van der Waals surface area contributed by atoms with Gasteiger partial charge >= 0.3 is 0 Å². The molecule has 0 radical (unpaired) electrons. The van der Waals surface area contributed by atoms with Gasteiger partial charge in [0.05, 0.1) is 5.69 Å². The van der Waals surface area contributed by atoms with Gasteiger partial charge in [-0.3, -0.25) is 0 Å². The zero-order valence-corrected chi connectivity index (χ0v) is 12.0. The number of nitrogens with zero attached hydrogens (tertiary/aromatic N) is 3. The predicted molar refractivity (Wildman–Crippen MR) is 78.4 cm³/mol. The minimum atomic E-state index is 0.835. The maximum Gasteiger partial charge on any atom is 0.138 e. The Morgan fingerprint density at radius 1 is 1.28 bits per heavy atom. The number of anilines is 3. The first-order valence-corrected chi connectivity index (χ1v) is 6.56. The molecule has 0 bridgehead atoms. The minimum absolute atomic E-state index is 0.835. The third kappa shape index (κ3) is 2.79. The van der Waals surface area contributed by atoms with Crippen molar-refractivity contribution in [2.24, 2.45) is 0 Å². The fraction of sp³-hybridized carbons (Fsp3) is 0.231. The summed E-state index contributed by atoms with van der Waals surface area (Å²) in [5.74, 6) is 1.69. The Hall–Kier alpha value is -1.62. The van der Waals surface area contributed by atoms with Crippen molar-refractivity contribution in [1.82, 2.24) is 9.97 Å². The highest BCUT2D eigenvalue weighted by atomic mass is 79.9. The number of aromatic nitrogens is 2. The smallest absolute Gasteiger partial charge is 0.138 e. The summed E-state index contributed by atoms with van der Waals surface area (Å²) in [6, 6.07) is 9.98. The van der Waals surface area contributed by atoms with E-state index in [2.05, 4.69) is 31.2 Å². The molecule has 0 saturated heterocycles. The molecule has 1 aromatic heterocycles. The van der Waals surface area contributed by atoms with E-state index >= 15 is 0 Å². The Morgan fingerprint density at radius 2 is 2.06 bits per heavy atom. The maximum atomic E-state index is 4.29. The quantitative estimate of drug-likeness (QED) is 0.939. The first-order chi connectivity index (χ1) is 8.72. The van der Waals surface area contributed by atoms with Gasteiger partial charge in [-0.2, -0.15) is 0 Å². The fourth-order valence-electron chi connectivity index (χ4n) is 1.66. The van der Waals surface area contributed by atoms with Crippen LogP contribution in [0.2, 0.25) is 0 Å². The third-order valence-electron chi connectivity index (χ3n) is 2.57. The predicted octanol–water partition coefficient (Wildman–Crippen LogP) is 3.44. The molecule has 5 heteroatoms. The molecule has 0 saturated carbocycles. The minimum Gasteiger partial charge on any atom is -0.370 e. The maximum absolute atomic E-state index is 4.29. The van der Waals surface area contributed by atoms with Gasteiger partial charge in [-0.15, -0.1) is 0 Å². The standard InChI is InChI=1S/C13H15BrN4/c1-3-15-12-8-13(17-9-16-12)18(2)11-7-5-4-6-10(11)14/h4-9H,3H2,1-2H3,(H,15,16,17). The lowest BCUT2D eigenvalue weighted by Gasteiger charge is -2.20. The van der Waals surface area contributed by atoms with E-state index in [1.807, 2.05) is 49.2 Å². The van der Waals surface area contributed by atoms with Crippen molar-refractivity contribution in [2.45, 2.75) is 6.92 Å². The van der Waals surface area contributed by atoms with Gasteiger partial charge in [0.15, 0.2) is 0 Å². The third-order valence-corrected chi connectivity index (χ3v) is 3.24. The van der Waals surface area contributed by atoms with Crippen molar-refractivity contribution in [1.29, 1.82) is 0 Å². The molecule has 0 aliphatic heterocycles. The van der Waals surface area contributed by atoms with Crippen LogP contribution in [0.15, 0.2) is 41.1 Å². The topological polar surface area (TPSA) is 41.0 Å². The molecular weight excluding hydrogens is 292 g/mol. The van der Waals surface area contributed by atoms with Crippen LogP contribution in [0.25, 0.3) is 0 Å². The summed E-state index contributed by atoms with van der Waals surface area (Å²) in [6.07, 6.45) is 1.57. The molecule has 1 N–H and O–H groups in total. The Balaban J connectivity index is 2.31. The number of benzene rings is 1. The zero-order chi connectivity index (χ0) is 13.0. The van der Waals surface area contributed by atoms with Gasteiger partial charge in [0.25, 0.3) is 0 Å². The summed E-state index contributed by atoms with van der Waals surface area (Å²) in [7, 11) is 1.98. The number of rotatable bonds is 4. The van der Waals surface area contributed by atoms with Crippen LogP contribution in [-0.2, 0) is 0 Å². The van der Waals surface area contributed by atoms with Crippen molar-refractivity contribution < 1.29 is 0 Å². The summed E-state index contributed by atoms with van der Waals surface area (Å²) >= 11 is 3.54. The monoisotopic (exact) mass is 306 g/mol. The molecule has 0 atom stereocenters. The van der Waals surface area contributed by atoms with Crippen molar-refractivity contribution in [2.75, 3.05) is 23.8 Å². The van der Waals surface area contributed by atoms with E-state index in [1.54, 1.807) is 6.33 Å². The second-order valence-electron chi connectivity index (χ2n) is 3.80. The van der Waals surface area contributed by atoms with Crippen LogP contribution in [0.1, 0.15) is 6.92 Å². The van der Waals surface area contributed by atoms with E-state index in [4.69, 9.17) is 0 Å². The molecule has 0 fully saturated rings. The van der Waals surface area contributed by atoms with Gasteiger partial charge in [-0.05, 0) is 35.0 Å². The van der Waals surface area contributed by atoms with Crippen LogP contribution < -0.4 is 10.2 Å². The molecule has 4 nitrogen and oxygen atoms in total. The zero-order valence-electron chi connectivity index (χ0n) is 10.4. The summed E-state index contributed by atoms with van der Waals surface area (Å²) in [4.78, 5) is 10.5. The Labute approximate surface area is 115 Å². The largest absolute Gasteiger partial charge is 0.370 e. The number of hydrogen-bond acceptors (Lipinski definition) is 4. The van der Waals surface area contributed by atoms with Crippen LogP contribution in [0, 0.1) is 0 Å². The normalized spacial score (nSPS) is 10.2. The second-order valence-corrected chi connectivity index (χ2v) is 4.66. The highest BCUT2D eigenvalue weighted by Gasteiger charge is 2.09. The van der Waals surface area contributed by atoms with Crippen LogP contribution in [0.4, 0.5) is 17.3 Å². The fourth-order valence-corrected chi connectivity index (χ4v) is 2.21. The van der Waals surface area contributed by atoms with Gasteiger partial charge in [-0.1, -0.05) is 12.1 Å². The lowest BCUT2D eigenvalue weighted by Crippen LogP contribution is -2.12. The molecule has 2 aromatic rings. The number of para-hydroxylation sites is 1. The summed E-state index contributed by atoms with van der Waals surface area (Å²) in [5.41, 5.74) is 1.07. The molecule has 18 heavy (non-hydrogen) atoms. The van der Waals surface area contributed by atoms with Crippen LogP contribution in [-0.4, -0.2) is 23.6 Å². The van der Waals surface area contributed by atoms with Crippen molar-refractivity contribution in [3.63, 3.8) is 0 Å². The number of hydrogen-bond donors (Lipinski definition) is 1. The van der Waals surface area contributed by atoms with Gasteiger partial charge in [-0.25, -0.2) is 9.97 Å². The van der Waals surface area contributed by atoms with E-state index in [0.717, 1.165) is 28.3 Å². The first kappa shape index (κ1) is 12.8. The highest BCUT2D eigenvalue weighted by molar-refractivity contribution is 9.10. The first-order valence-electron chi connectivity index (χ1n) is 5.76. The van der Waals surface area contributed by atoms with Crippen LogP contribution in [0.3, 0.4) is 0 Å². The van der Waals surface area contributed by atoms with E-state index in [-0.39, 0.29) is 0 Å². The van der Waals surface area contributed by atoms with Gasteiger partial charge in [0.2, 0.25) is 0 Å². The van der Waals surface area contributed by atoms with E-state index in [0.29, 0.717) is 0 Å². The van der Waals surface area contributed by atoms with Crippen LogP contribution >= 0.6 is 15.9 Å². The molecule has 0 amide bonds. The second kappa shape index (κ2) is 5.82. The summed E-state index contributed by atoms with van der Waals surface area (Å²) in [6.45, 7) is 2.88. The Bertz CT molecular complexity index is 530. The van der Waals surface area contributed by atoms with Crippen molar-refractivity contribution >= 4 is 33.3 Å². The van der Waals surface area contributed by atoms with Crippen LogP contribution in [0.5, 0.6) is 0 Å².